The van der Waals surface area contributed by atoms with E-state index in [2.05, 4.69) is 15.9 Å². The maximum absolute atomic E-state index is 11.9. The van der Waals surface area contributed by atoms with Gasteiger partial charge in [-0.25, -0.2) is 8.42 Å². The van der Waals surface area contributed by atoms with Gasteiger partial charge in [-0.05, 0) is 24.0 Å². The van der Waals surface area contributed by atoms with E-state index in [1.165, 1.54) is 0 Å². The van der Waals surface area contributed by atoms with Crippen LogP contribution >= 0.6 is 27.7 Å². The Morgan fingerprint density at radius 2 is 2.12 bits per heavy atom. The minimum Gasteiger partial charge on any atom is -0.398 e. The van der Waals surface area contributed by atoms with E-state index in [-0.39, 0.29) is 10.6 Å². The number of nitrogen functional groups attached to an aromatic ring is 1. The Kier molecular flexibility index (Phi) is 5.14. The van der Waals surface area contributed by atoms with Crippen molar-refractivity contribution in [3.63, 3.8) is 0 Å². The Bertz CT molecular complexity index is 460. The number of nitrogens with two attached hydrogens (primary N) is 1. The van der Waals surface area contributed by atoms with Crippen LogP contribution in [0.1, 0.15) is 6.92 Å². The second kappa shape index (κ2) is 5.93. The van der Waals surface area contributed by atoms with Gasteiger partial charge in [0.1, 0.15) is 0 Å². The van der Waals surface area contributed by atoms with Gasteiger partial charge in [-0.2, -0.15) is 11.8 Å². The lowest BCUT2D eigenvalue weighted by Crippen LogP contribution is -2.11. The molecule has 0 aromatic heterocycles. The Balaban J connectivity index is 2.90. The molecule has 0 aliphatic heterocycles. The average Bonchev–Trinajstić information content (AvgIpc) is 2.17. The van der Waals surface area contributed by atoms with Crippen molar-refractivity contribution in [3.8, 4) is 0 Å². The van der Waals surface area contributed by atoms with Gasteiger partial charge in [-0.1, -0.05) is 22.9 Å². The third-order valence-corrected chi connectivity index (χ3v) is 5.44. The number of rotatable bonds is 5. The first-order valence-electron chi connectivity index (χ1n) is 4.83. The molecular weight excluding hydrogens is 310 g/mol. The van der Waals surface area contributed by atoms with Crippen LogP contribution in [0.5, 0.6) is 0 Å². The molecule has 0 fully saturated rings. The molecule has 1 aromatic rings. The van der Waals surface area contributed by atoms with Crippen LogP contribution in [0.15, 0.2) is 27.6 Å². The van der Waals surface area contributed by atoms with E-state index in [0.29, 0.717) is 11.4 Å². The quantitative estimate of drug-likeness (QED) is 0.668. The van der Waals surface area contributed by atoms with Crippen molar-refractivity contribution in [2.24, 2.45) is 0 Å². The summed E-state index contributed by atoms with van der Waals surface area (Å²) in [5.74, 6) is 1.66. The molecule has 0 saturated heterocycles. The third kappa shape index (κ3) is 3.68. The predicted molar refractivity (Wildman–Crippen MR) is 73.6 cm³/mol. The van der Waals surface area contributed by atoms with Gasteiger partial charge in [-0.15, -0.1) is 0 Å². The molecule has 3 nitrogen and oxygen atoms in total. The Morgan fingerprint density at radius 1 is 1.44 bits per heavy atom. The maximum atomic E-state index is 11.9. The van der Waals surface area contributed by atoms with Crippen molar-refractivity contribution in [3.05, 3.63) is 22.7 Å². The zero-order valence-corrected chi connectivity index (χ0v) is 12.2. The number of hydrogen-bond donors (Lipinski definition) is 1. The number of thioether (sulfide) groups is 1. The summed E-state index contributed by atoms with van der Waals surface area (Å²) in [6, 6.07) is 4.85. The van der Waals surface area contributed by atoms with Crippen LogP contribution in [0.25, 0.3) is 0 Å². The monoisotopic (exact) mass is 323 g/mol. The summed E-state index contributed by atoms with van der Waals surface area (Å²) in [6.45, 7) is 2.01. The van der Waals surface area contributed by atoms with E-state index in [1.54, 1.807) is 30.0 Å². The second-order valence-electron chi connectivity index (χ2n) is 3.20. The molecule has 1 rings (SSSR count). The Hall–Kier alpha value is -0.200. The van der Waals surface area contributed by atoms with Crippen molar-refractivity contribution >= 4 is 43.2 Å². The van der Waals surface area contributed by atoms with Crippen molar-refractivity contribution < 1.29 is 8.42 Å². The molecular formula is C10H14BrNO2S2. The fourth-order valence-corrected chi connectivity index (χ4v) is 4.16. The molecule has 0 bridgehead atoms. The van der Waals surface area contributed by atoms with E-state index >= 15 is 0 Å². The summed E-state index contributed by atoms with van der Waals surface area (Å²) in [7, 11) is -3.25. The summed E-state index contributed by atoms with van der Waals surface area (Å²) >= 11 is 4.86. The highest BCUT2D eigenvalue weighted by atomic mass is 79.9. The first-order chi connectivity index (χ1) is 7.47. The van der Waals surface area contributed by atoms with Crippen LogP contribution in [0.4, 0.5) is 5.69 Å². The SMILES string of the molecule is CCSCCS(=O)(=O)c1ccc(Br)cc1N. The maximum Gasteiger partial charge on any atom is 0.181 e. The molecule has 0 aliphatic carbocycles. The zero-order valence-electron chi connectivity index (χ0n) is 8.94. The molecule has 16 heavy (non-hydrogen) atoms. The van der Waals surface area contributed by atoms with Crippen LogP contribution in [0.2, 0.25) is 0 Å². The van der Waals surface area contributed by atoms with E-state index in [4.69, 9.17) is 5.73 Å². The molecule has 0 saturated carbocycles. The lowest BCUT2D eigenvalue weighted by Gasteiger charge is -2.07. The average molecular weight is 324 g/mol. The first-order valence-corrected chi connectivity index (χ1v) is 8.43. The summed E-state index contributed by atoms with van der Waals surface area (Å²) in [6.07, 6.45) is 0. The highest BCUT2D eigenvalue weighted by molar-refractivity contribution is 9.10. The molecule has 0 aliphatic rings. The standard InChI is InChI=1S/C10H14BrNO2S2/c1-2-15-5-6-16(13,14)10-4-3-8(11)7-9(10)12/h3-4,7H,2,5-6,12H2,1H3. The van der Waals surface area contributed by atoms with Crippen LogP contribution in [-0.2, 0) is 9.84 Å². The van der Waals surface area contributed by atoms with Gasteiger partial charge in [-0.3, -0.25) is 0 Å². The molecule has 6 heteroatoms. The smallest absolute Gasteiger partial charge is 0.181 e. The molecule has 90 valence electrons. The van der Waals surface area contributed by atoms with Gasteiger partial charge in [0.15, 0.2) is 9.84 Å². The van der Waals surface area contributed by atoms with E-state index in [0.717, 1.165) is 10.2 Å². The topological polar surface area (TPSA) is 60.2 Å². The summed E-state index contributed by atoms with van der Waals surface area (Å²) in [4.78, 5) is 0.229. The van der Waals surface area contributed by atoms with Gasteiger partial charge in [0.2, 0.25) is 0 Å². The normalized spacial score (nSPS) is 11.6. The van der Waals surface area contributed by atoms with Gasteiger partial charge in [0.25, 0.3) is 0 Å². The van der Waals surface area contributed by atoms with Gasteiger partial charge in [0.05, 0.1) is 16.3 Å². The second-order valence-corrected chi connectivity index (χ2v) is 7.59. The van der Waals surface area contributed by atoms with E-state index < -0.39 is 9.84 Å². The first kappa shape index (κ1) is 13.9. The zero-order chi connectivity index (χ0) is 12.2. The fraction of sp³-hybridized carbons (Fsp3) is 0.400. The van der Waals surface area contributed by atoms with Crippen molar-refractivity contribution in [2.45, 2.75) is 11.8 Å². The molecule has 0 heterocycles. The lowest BCUT2D eigenvalue weighted by atomic mass is 10.3. The molecule has 1 aromatic carbocycles. The summed E-state index contributed by atoms with van der Waals surface area (Å²) in [5.41, 5.74) is 6.00. The molecule has 0 spiro atoms. The number of hydrogen-bond acceptors (Lipinski definition) is 4. The highest BCUT2D eigenvalue weighted by Gasteiger charge is 2.17. The van der Waals surface area contributed by atoms with E-state index in [1.807, 2.05) is 6.92 Å². The number of anilines is 1. The minimum absolute atomic E-state index is 0.136. The molecule has 0 radical (unpaired) electrons. The van der Waals surface area contributed by atoms with E-state index in [9.17, 15) is 8.42 Å². The minimum atomic E-state index is -3.25. The largest absolute Gasteiger partial charge is 0.398 e. The van der Waals surface area contributed by atoms with Crippen LogP contribution in [-0.4, -0.2) is 25.7 Å². The Morgan fingerprint density at radius 3 is 2.69 bits per heavy atom. The third-order valence-electron chi connectivity index (χ3n) is 2.01. The van der Waals surface area contributed by atoms with Crippen molar-refractivity contribution in [1.82, 2.24) is 0 Å². The van der Waals surface area contributed by atoms with Crippen LogP contribution in [0.3, 0.4) is 0 Å². The molecule has 0 amide bonds. The Labute approximate surface area is 109 Å². The lowest BCUT2D eigenvalue weighted by molar-refractivity contribution is 0.598. The van der Waals surface area contributed by atoms with Crippen LogP contribution in [0, 0.1) is 0 Å². The van der Waals surface area contributed by atoms with Gasteiger partial charge >= 0.3 is 0 Å². The molecule has 0 unspecified atom stereocenters. The van der Waals surface area contributed by atoms with Crippen molar-refractivity contribution in [1.29, 1.82) is 0 Å². The molecule has 2 N–H and O–H groups in total. The number of halogens is 1. The van der Waals surface area contributed by atoms with Gasteiger partial charge < -0.3 is 5.73 Å². The predicted octanol–water partition coefficient (Wildman–Crippen LogP) is 2.56. The van der Waals surface area contributed by atoms with Crippen molar-refractivity contribution in [2.75, 3.05) is 23.0 Å². The summed E-state index contributed by atoms with van der Waals surface area (Å²) < 4.78 is 24.6. The summed E-state index contributed by atoms with van der Waals surface area (Å²) in [5, 5.41) is 0. The molecule has 0 atom stereocenters. The van der Waals surface area contributed by atoms with Gasteiger partial charge in [0, 0.05) is 10.2 Å². The number of benzene rings is 1. The fourth-order valence-electron chi connectivity index (χ4n) is 1.23. The highest BCUT2D eigenvalue weighted by Crippen LogP contribution is 2.24. The van der Waals surface area contributed by atoms with Crippen LogP contribution < -0.4 is 5.73 Å². The number of sulfone groups is 1.